The molecule has 6 heteroatoms. The number of hydrogen-bond donors (Lipinski definition) is 2. The third-order valence-electron chi connectivity index (χ3n) is 3.07. The quantitative estimate of drug-likeness (QED) is 0.718. The molecule has 0 saturated heterocycles. The Kier molecular flexibility index (Phi) is 7.09. The van der Waals surface area contributed by atoms with Gasteiger partial charge in [0.1, 0.15) is 0 Å². The average Bonchev–Trinajstić information content (AvgIpc) is 2.72. The van der Waals surface area contributed by atoms with Crippen molar-refractivity contribution in [2.45, 2.75) is 19.4 Å². The molecular weight excluding hydrogens is 294 g/mol. The molecule has 1 aliphatic rings. The maximum atomic E-state index is 8.59. The van der Waals surface area contributed by atoms with E-state index >= 15 is 0 Å². The van der Waals surface area contributed by atoms with Crippen molar-refractivity contribution in [2.75, 3.05) is 39.6 Å². The maximum Gasteiger partial charge on any atom is 0.179 e. The molecule has 0 saturated carbocycles. The number of hydrogen-bond acceptors (Lipinski definition) is 5. The van der Waals surface area contributed by atoms with Crippen molar-refractivity contribution in [2.24, 2.45) is 0 Å². The predicted molar refractivity (Wildman–Crippen MR) is 81.3 cm³/mol. The first-order valence-electron chi connectivity index (χ1n) is 7.28. The van der Waals surface area contributed by atoms with Crippen LogP contribution >= 0.6 is 11.6 Å². The van der Waals surface area contributed by atoms with Gasteiger partial charge in [-0.1, -0.05) is 11.6 Å². The Bertz CT molecular complexity index is 442. The molecule has 0 unspecified atom stereocenters. The highest BCUT2D eigenvalue weighted by Gasteiger charge is 2.15. The smallest absolute Gasteiger partial charge is 0.179 e. The van der Waals surface area contributed by atoms with Gasteiger partial charge in [-0.25, -0.2) is 0 Å². The van der Waals surface area contributed by atoms with Gasteiger partial charge < -0.3 is 24.6 Å². The summed E-state index contributed by atoms with van der Waals surface area (Å²) in [6.07, 6.45) is 1.77. The van der Waals surface area contributed by atoms with Crippen molar-refractivity contribution in [1.82, 2.24) is 5.32 Å². The van der Waals surface area contributed by atoms with Crippen molar-refractivity contribution in [1.29, 1.82) is 0 Å². The summed E-state index contributed by atoms with van der Waals surface area (Å²) in [7, 11) is 0. The largest absolute Gasteiger partial charge is 0.489 e. The van der Waals surface area contributed by atoms with E-state index in [4.69, 9.17) is 30.9 Å². The van der Waals surface area contributed by atoms with Gasteiger partial charge in [-0.3, -0.25) is 0 Å². The molecule has 0 aromatic heterocycles. The van der Waals surface area contributed by atoms with Crippen LogP contribution in [-0.4, -0.2) is 44.7 Å². The normalized spacial score (nSPS) is 14.0. The Morgan fingerprint density at radius 1 is 1.24 bits per heavy atom. The van der Waals surface area contributed by atoms with Gasteiger partial charge in [-0.15, -0.1) is 0 Å². The number of ether oxygens (including phenoxy) is 3. The third kappa shape index (κ3) is 5.36. The Labute approximate surface area is 130 Å². The molecule has 2 rings (SSSR count). The fraction of sp³-hybridized carbons (Fsp3) is 0.600. The Hall–Kier alpha value is -1.01. The summed E-state index contributed by atoms with van der Waals surface area (Å²) in [6, 6.07) is 3.88. The van der Waals surface area contributed by atoms with Crippen molar-refractivity contribution in [3.63, 3.8) is 0 Å². The maximum absolute atomic E-state index is 8.59. The second-order valence-electron chi connectivity index (χ2n) is 4.82. The van der Waals surface area contributed by atoms with Crippen LogP contribution in [-0.2, 0) is 11.3 Å². The highest BCUT2D eigenvalue weighted by atomic mass is 35.5. The molecule has 0 spiro atoms. The Morgan fingerprint density at radius 2 is 2.10 bits per heavy atom. The molecular formula is C15H22ClNO4. The van der Waals surface area contributed by atoms with Crippen LogP contribution in [0.2, 0.25) is 5.02 Å². The number of benzene rings is 1. The molecule has 0 amide bonds. The van der Waals surface area contributed by atoms with Gasteiger partial charge in [0.15, 0.2) is 11.5 Å². The molecule has 1 heterocycles. The van der Waals surface area contributed by atoms with E-state index in [9.17, 15) is 0 Å². The summed E-state index contributed by atoms with van der Waals surface area (Å²) in [5.41, 5.74) is 1.07. The zero-order chi connectivity index (χ0) is 14.9. The van der Waals surface area contributed by atoms with Crippen LogP contribution in [0.15, 0.2) is 12.1 Å². The fourth-order valence-corrected chi connectivity index (χ4v) is 2.37. The van der Waals surface area contributed by atoms with Gasteiger partial charge >= 0.3 is 0 Å². The summed E-state index contributed by atoms with van der Waals surface area (Å²) in [5.74, 6) is 1.37. The lowest BCUT2D eigenvalue weighted by molar-refractivity contribution is 0.0907. The first-order chi connectivity index (χ1) is 10.3. The molecule has 0 fully saturated rings. The molecule has 1 aromatic carbocycles. The molecule has 0 radical (unpaired) electrons. The minimum atomic E-state index is 0.0725. The highest BCUT2D eigenvalue weighted by Crippen LogP contribution is 2.37. The van der Waals surface area contributed by atoms with Gasteiger partial charge in [0, 0.05) is 19.6 Å². The van der Waals surface area contributed by atoms with Crippen molar-refractivity contribution in [3.8, 4) is 11.5 Å². The summed E-state index contributed by atoms with van der Waals surface area (Å²) in [4.78, 5) is 0. The van der Waals surface area contributed by atoms with E-state index in [-0.39, 0.29) is 6.61 Å². The lowest BCUT2D eigenvalue weighted by Crippen LogP contribution is -2.17. The van der Waals surface area contributed by atoms with Crippen LogP contribution in [0.4, 0.5) is 0 Å². The Balaban J connectivity index is 1.78. The van der Waals surface area contributed by atoms with Gasteiger partial charge in [0.2, 0.25) is 0 Å². The predicted octanol–water partition coefficient (Wildman–Crippen LogP) is 1.99. The van der Waals surface area contributed by atoms with Crippen LogP contribution in [0.3, 0.4) is 0 Å². The summed E-state index contributed by atoms with van der Waals surface area (Å²) < 4.78 is 16.5. The molecule has 118 valence electrons. The van der Waals surface area contributed by atoms with Crippen LogP contribution in [0.25, 0.3) is 0 Å². The lowest BCUT2D eigenvalue weighted by atomic mass is 10.2. The lowest BCUT2D eigenvalue weighted by Gasteiger charge is -2.12. The molecule has 5 nitrogen and oxygen atoms in total. The highest BCUT2D eigenvalue weighted by molar-refractivity contribution is 6.32. The molecule has 1 aromatic rings. The van der Waals surface area contributed by atoms with Gasteiger partial charge in [0.05, 0.1) is 31.5 Å². The van der Waals surface area contributed by atoms with Gasteiger partial charge in [0.25, 0.3) is 0 Å². The molecule has 2 N–H and O–H groups in total. The average molecular weight is 316 g/mol. The number of fused-ring (bicyclic) bond motifs is 1. The van der Waals surface area contributed by atoms with E-state index in [1.165, 1.54) is 0 Å². The number of aliphatic hydroxyl groups excluding tert-OH is 1. The van der Waals surface area contributed by atoms with E-state index in [0.717, 1.165) is 37.2 Å². The van der Waals surface area contributed by atoms with E-state index in [0.29, 0.717) is 37.2 Å². The number of aliphatic hydroxyl groups is 1. The minimum absolute atomic E-state index is 0.0725. The SMILES string of the molecule is OCCOCCCNCc1cc(Cl)c2c(c1)OCCCO2. The first kappa shape index (κ1) is 16.4. The van der Waals surface area contributed by atoms with E-state index in [2.05, 4.69) is 5.32 Å². The van der Waals surface area contributed by atoms with Crippen molar-refractivity contribution in [3.05, 3.63) is 22.7 Å². The van der Waals surface area contributed by atoms with Crippen LogP contribution in [0, 0.1) is 0 Å². The Morgan fingerprint density at radius 3 is 2.95 bits per heavy atom. The van der Waals surface area contributed by atoms with Gasteiger partial charge in [-0.05, 0) is 30.7 Å². The second kappa shape index (κ2) is 9.10. The van der Waals surface area contributed by atoms with E-state index < -0.39 is 0 Å². The van der Waals surface area contributed by atoms with Crippen molar-refractivity contribution >= 4 is 11.6 Å². The topological polar surface area (TPSA) is 60.0 Å². The number of halogens is 1. The van der Waals surface area contributed by atoms with Gasteiger partial charge in [-0.2, -0.15) is 0 Å². The minimum Gasteiger partial charge on any atom is -0.489 e. The molecule has 21 heavy (non-hydrogen) atoms. The van der Waals surface area contributed by atoms with E-state index in [1.807, 2.05) is 12.1 Å². The number of nitrogens with one attached hydrogen (secondary N) is 1. The molecule has 0 aliphatic carbocycles. The monoisotopic (exact) mass is 315 g/mol. The molecule has 1 aliphatic heterocycles. The first-order valence-corrected chi connectivity index (χ1v) is 7.66. The van der Waals surface area contributed by atoms with Crippen LogP contribution in [0.1, 0.15) is 18.4 Å². The number of rotatable bonds is 8. The standard InChI is InChI=1S/C15H22ClNO4/c16-13-9-12(11-17-3-1-5-19-8-4-18)10-14-15(13)21-7-2-6-20-14/h9-10,17-18H,1-8,11H2. The zero-order valence-electron chi connectivity index (χ0n) is 12.1. The zero-order valence-corrected chi connectivity index (χ0v) is 12.8. The second-order valence-corrected chi connectivity index (χ2v) is 5.23. The summed E-state index contributed by atoms with van der Waals surface area (Å²) in [6.45, 7) is 3.98. The molecule has 0 bridgehead atoms. The van der Waals surface area contributed by atoms with Crippen LogP contribution in [0.5, 0.6) is 11.5 Å². The van der Waals surface area contributed by atoms with E-state index in [1.54, 1.807) is 0 Å². The molecule has 0 atom stereocenters. The van der Waals surface area contributed by atoms with Crippen molar-refractivity contribution < 1.29 is 19.3 Å². The van der Waals surface area contributed by atoms with Crippen LogP contribution < -0.4 is 14.8 Å². The summed E-state index contributed by atoms with van der Waals surface area (Å²) >= 11 is 6.24. The summed E-state index contributed by atoms with van der Waals surface area (Å²) in [5, 5.41) is 12.5. The third-order valence-corrected chi connectivity index (χ3v) is 3.35. The fourth-order valence-electron chi connectivity index (χ4n) is 2.08.